The number of hydrogen-bond donors (Lipinski definition) is 2. The highest BCUT2D eigenvalue weighted by Gasteiger charge is 2.23. The van der Waals surface area contributed by atoms with E-state index in [1.807, 2.05) is 13.0 Å². The Bertz CT molecular complexity index is 959. The summed E-state index contributed by atoms with van der Waals surface area (Å²) in [5, 5.41) is 5.28. The molecule has 9 heteroatoms. The molecule has 0 aliphatic carbocycles. The first-order valence-corrected chi connectivity index (χ1v) is 10.2. The Kier molecular flexibility index (Phi) is 6.74. The standard InChI is InChI=1S/C18H20BrN3O4S/c1-12-10-14(19)4-9-17(12)21-18(24)11-22(3)27(25,26)16-7-5-15(6-8-16)20-13(2)23/h4-10H,11H2,1-3H3,(H,20,23)(H,21,24). The number of anilines is 2. The highest BCUT2D eigenvalue weighted by Crippen LogP contribution is 2.21. The lowest BCUT2D eigenvalue weighted by atomic mass is 10.2. The molecule has 0 spiro atoms. The van der Waals surface area contributed by atoms with E-state index in [2.05, 4.69) is 26.6 Å². The molecule has 0 aromatic heterocycles. The molecule has 27 heavy (non-hydrogen) atoms. The van der Waals surface area contributed by atoms with Crippen molar-refractivity contribution in [3.8, 4) is 0 Å². The van der Waals surface area contributed by atoms with E-state index in [9.17, 15) is 18.0 Å². The van der Waals surface area contributed by atoms with Crippen molar-refractivity contribution < 1.29 is 18.0 Å². The van der Waals surface area contributed by atoms with Crippen LogP contribution < -0.4 is 10.6 Å². The van der Waals surface area contributed by atoms with Gasteiger partial charge in [-0.15, -0.1) is 0 Å². The Morgan fingerprint density at radius 2 is 1.70 bits per heavy atom. The molecule has 0 saturated heterocycles. The number of rotatable bonds is 6. The van der Waals surface area contributed by atoms with Gasteiger partial charge in [0.2, 0.25) is 21.8 Å². The summed E-state index contributed by atoms with van der Waals surface area (Å²) in [4.78, 5) is 23.3. The first-order valence-electron chi connectivity index (χ1n) is 7.99. The normalized spacial score (nSPS) is 11.3. The number of nitrogens with zero attached hydrogens (tertiary/aromatic N) is 1. The second-order valence-electron chi connectivity index (χ2n) is 5.97. The van der Waals surface area contributed by atoms with Gasteiger partial charge in [-0.3, -0.25) is 9.59 Å². The summed E-state index contributed by atoms with van der Waals surface area (Å²) in [6, 6.07) is 11.1. The van der Waals surface area contributed by atoms with Crippen molar-refractivity contribution in [2.75, 3.05) is 24.2 Å². The number of halogens is 1. The number of nitrogens with one attached hydrogen (secondary N) is 2. The van der Waals surface area contributed by atoms with Gasteiger partial charge in [0.25, 0.3) is 0 Å². The lowest BCUT2D eigenvalue weighted by Gasteiger charge is -2.17. The predicted molar refractivity (Wildman–Crippen MR) is 108 cm³/mol. The maximum Gasteiger partial charge on any atom is 0.243 e. The fourth-order valence-corrected chi connectivity index (χ4v) is 3.94. The SMILES string of the molecule is CC(=O)Nc1ccc(S(=O)(=O)N(C)CC(=O)Nc2ccc(Br)cc2C)cc1. The lowest BCUT2D eigenvalue weighted by molar-refractivity contribution is -0.116. The van der Waals surface area contributed by atoms with Crippen molar-refractivity contribution in [3.05, 3.63) is 52.5 Å². The zero-order chi connectivity index (χ0) is 20.2. The summed E-state index contributed by atoms with van der Waals surface area (Å²) in [6.07, 6.45) is 0. The van der Waals surface area contributed by atoms with E-state index in [0.717, 1.165) is 14.3 Å². The van der Waals surface area contributed by atoms with Gasteiger partial charge in [0.15, 0.2) is 0 Å². The monoisotopic (exact) mass is 453 g/mol. The van der Waals surface area contributed by atoms with E-state index in [1.165, 1.54) is 38.2 Å². The van der Waals surface area contributed by atoms with Crippen molar-refractivity contribution >= 4 is 49.1 Å². The molecule has 0 aliphatic rings. The third-order valence-electron chi connectivity index (χ3n) is 3.71. The summed E-state index contributed by atoms with van der Waals surface area (Å²) in [7, 11) is -2.50. The molecular weight excluding hydrogens is 434 g/mol. The number of aryl methyl sites for hydroxylation is 1. The van der Waals surface area contributed by atoms with Gasteiger partial charge in [-0.1, -0.05) is 15.9 Å². The first kappa shape index (κ1) is 21.1. The molecule has 2 amide bonds. The van der Waals surface area contributed by atoms with Crippen LogP contribution in [0.2, 0.25) is 0 Å². The van der Waals surface area contributed by atoms with Crippen LogP contribution in [-0.4, -0.2) is 38.1 Å². The van der Waals surface area contributed by atoms with Crippen molar-refractivity contribution in [3.63, 3.8) is 0 Å². The number of carbonyl (C=O) groups excluding carboxylic acids is 2. The van der Waals surface area contributed by atoms with Crippen LogP contribution in [0.3, 0.4) is 0 Å². The molecule has 0 radical (unpaired) electrons. The van der Waals surface area contributed by atoms with Crippen LogP contribution in [0.25, 0.3) is 0 Å². The lowest BCUT2D eigenvalue weighted by Crippen LogP contribution is -2.35. The minimum absolute atomic E-state index is 0.0340. The van der Waals surface area contributed by atoms with Crippen LogP contribution in [-0.2, 0) is 19.6 Å². The zero-order valence-electron chi connectivity index (χ0n) is 15.1. The minimum Gasteiger partial charge on any atom is -0.326 e. The summed E-state index contributed by atoms with van der Waals surface area (Å²) >= 11 is 3.35. The predicted octanol–water partition coefficient (Wildman–Crippen LogP) is 2.98. The van der Waals surface area contributed by atoms with Gasteiger partial charge in [0.05, 0.1) is 11.4 Å². The number of amides is 2. The topological polar surface area (TPSA) is 95.6 Å². The average Bonchev–Trinajstić information content (AvgIpc) is 2.57. The van der Waals surface area contributed by atoms with Gasteiger partial charge < -0.3 is 10.6 Å². The minimum atomic E-state index is -3.84. The fourth-order valence-electron chi connectivity index (χ4n) is 2.34. The molecule has 0 bridgehead atoms. The molecule has 0 aliphatic heterocycles. The van der Waals surface area contributed by atoms with Gasteiger partial charge in [-0.05, 0) is 55.0 Å². The smallest absolute Gasteiger partial charge is 0.243 e. The van der Waals surface area contributed by atoms with Gasteiger partial charge in [0.1, 0.15) is 0 Å². The van der Waals surface area contributed by atoms with Crippen LogP contribution in [0.4, 0.5) is 11.4 Å². The van der Waals surface area contributed by atoms with Crippen molar-refractivity contribution in [2.24, 2.45) is 0 Å². The molecule has 2 rings (SSSR count). The zero-order valence-corrected chi connectivity index (χ0v) is 17.5. The molecule has 0 heterocycles. The molecule has 7 nitrogen and oxygen atoms in total. The summed E-state index contributed by atoms with van der Waals surface area (Å²) < 4.78 is 27.1. The van der Waals surface area contributed by atoms with E-state index in [1.54, 1.807) is 12.1 Å². The molecular formula is C18H20BrN3O4S. The quantitative estimate of drug-likeness (QED) is 0.702. The second-order valence-corrected chi connectivity index (χ2v) is 8.93. The number of benzene rings is 2. The molecule has 0 saturated carbocycles. The van der Waals surface area contributed by atoms with Crippen molar-refractivity contribution in [1.29, 1.82) is 0 Å². The second kappa shape index (κ2) is 8.64. The van der Waals surface area contributed by atoms with E-state index < -0.39 is 15.9 Å². The van der Waals surface area contributed by atoms with E-state index in [-0.39, 0.29) is 17.3 Å². The van der Waals surface area contributed by atoms with Crippen LogP contribution >= 0.6 is 15.9 Å². The van der Waals surface area contributed by atoms with Gasteiger partial charge in [-0.25, -0.2) is 8.42 Å². The fraction of sp³-hybridized carbons (Fsp3) is 0.222. The van der Waals surface area contributed by atoms with E-state index >= 15 is 0 Å². The molecule has 2 aromatic carbocycles. The Labute approximate surface area is 166 Å². The van der Waals surface area contributed by atoms with Crippen LogP contribution in [0.5, 0.6) is 0 Å². The maximum atomic E-state index is 12.6. The van der Waals surface area contributed by atoms with Gasteiger partial charge in [0, 0.05) is 29.8 Å². The number of hydrogen-bond acceptors (Lipinski definition) is 4. The Balaban J connectivity index is 2.07. The molecule has 2 N–H and O–H groups in total. The Morgan fingerprint density at radius 3 is 2.26 bits per heavy atom. The van der Waals surface area contributed by atoms with Gasteiger partial charge in [-0.2, -0.15) is 4.31 Å². The molecule has 0 atom stereocenters. The largest absolute Gasteiger partial charge is 0.326 e. The molecule has 0 unspecified atom stereocenters. The first-order chi connectivity index (χ1) is 12.6. The average molecular weight is 454 g/mol. The van der Waals surface area contributed by atoms with Gasteiger partial charge >= 0.3 is 0 Å². The Morgan fingerprint density at radius 1 is 1.07 bits per heavy atom. The van der Waals surface area contributed by atoms with Crippen LogP contribution in [0.15, 0.2) is 51.8 Å². The Hall–Kier alpha value is -2.23. The van der Waals surface area contributed by atoms with Crippen LogP contribution in [0.1, 0.15) is 12.5 Å². The molecule has 2 aromatic rings. The van der Waals surface area contributed by atoms with Crippen LogP contribution in [0, 0.1) is 6.92 Å². The number of sulfonamides is 1. The summed E-state index contributed by atoms with van der Waals surface area (Å²) in [6.45, 7) is 2.88. The number of likely N-dealkylation sites (N-methyl/N-ethyl adjacent to an activating group) is 1. The molecule has 0 fully saturated rings. The van der Waals surface area contributed by atoms with Crippen molar-refractivity contribution in [2.45, 2.75) is 18.7 Å². The highest BCUT2D eigenvalue weighted by molar-refractivity contribution is 9.10. The summed E-state index contributed by atoms with van der Waals surface area (Å²) in [5.74, 6) is -0.691. The van der Waals surface area contributed by atoms with Crippen molar-refractivity contribution in [1.82, 2.24) is 4.31 Å². The van der Waals surface area contributed by atoms with E-state index in [4.69, 9.17) is 0 Å². The maximum absolute atomic E-state index is 12.6. The third-order valence-corrected chi connectivity index (χ3v) is 6.02. The molecule has 144 valence electrons. The third kappa shape index (κ3) is 5.62. The summed E-state index contributed by atoms with van der Waals surface area (Å²) in [5.41, 5.74) is 1.97. The van der Waals surface area contributed by atoms with E-state index in [0.29, 0.717) is 11.4 Å². The number of carbonyl (C=O) groups is 2. The highest BCUT2D eigenvalue weighted by atomic mass is 79.9.